The van der Waals surface area contributed by atoms with E-state index in [1.54, 1.807) is 29.3 Å². The van der Waals surface area contributed by atoms with Crippen LogP contribution in [0.3, 0.4) is 0 Å². The van der Waals surface area contributed by atoms with E-state index in [0.717, 1.165) is 28.5 Å². The standard InChI is InChI=1S/C19H25N5O2S/c1-11-15(27-12(2)21-11)6-7-23-17(25)16-14(22(5)18(23)26)9-20-24(16)10-13-8-19(13,3)4/h9,13H,6-8,10H2,1-5H3. The first-order valence-corrected chi connectivity index (χ1v) is 10.1. The number of aromatic nitrogens is 5. The highest BCUT2D eigenvalue weighted by molar-refractivity contribution is 7.11. The van der Waals surface area contributed by atoms with Crippen LogP contribution in [0.1, 0.15) is 35.8 Å². The minimum Gasteiger partial charge on any atom is -0.293 e. The zero-order valence-electron chi connectivity index (χ0n) is 16.4. The van der Waals surface area contributed by atoms with Gasteiger partial charge >= 0.3 is 5.69 Å². The third-order valence-corrected chi connectivity index (χ3v) is 6.95. The van der Waals surface area contributed by atoms with Gasteiger partial charge in [-0.3, -0.25) is 18.6 Å². The summed E-state index contributed by atoms with van der Waals surface area (Å²) in [5.74, 6) is 0.522. The molecule has 3 aromatic rings. The van der Waals surface area contributed by atoms with Crippen LogP contribution in [-0.2, 0) is 26.6 Å². The fourth-order valence-electron chi connectivity index (χ4n) is 3.79. The van der Waals surface area contributed by atoms with Crippen molar-refractivity contribution in [2.24, 2.45) is 18.4 Å². The van der Waals surface area contributed by atoms with Crippen LogP contribution in [0.5, 0.6) is 0 Å². The van der Waals surface area contributed by atoms with Crippen molar-refractivity contribution >= 4 is 22.4 Å². The lowest BCUT2D eigenvalue weighted by Crippen LogP contribution is -2.40. The van der Waals surface area contributed by atoms with Gasteiger partial charge in [-0.25, -0.2) is 9.78 Å². The highest BCUT2D eigenvalue weighted by atomic mass is 32.1. The largest absolute Gasteiger partial charge is 0.331 e. The zero-order chi connectivity index (χ0) is 19.5. The molecule has 0 spiro atoms. The molecule has 1 fully saturated rings. The summed E-state index contributed by atoms with van der Waals surface area (Å²) in [5.41, 5.74) is 1.87. The van der Waals surface area contributed by atoms with Crippen LogP contribution in [0, 0.1) is 25.2 Å². The number of aryl methyl sites for hydroxylation is 4. The number of fused-ring (bicyclic) bond motifs is 1. The van der Waals surface area contributed by atoms with Crippen LogP contribution >= 0.6 is 11.3 Å². The number of nitrogens with zero attached hydrogens (tertiary/aromatic N) is 5. The van der Waals surface area contributed by atoms with Crippen molar-refractivity contribution in [2.75, 3.05) is 0 Å². The van der Waals surface area contributed by atoms with Gasteiger partial charge in [-0.15, -0.1) is 11.3 Å². The summed E-state index contributed by atoms with van der Waals surface area (Å²) in [7, 11) is 1.70. The lowest BCUT2D eigenvalue weighted by Gasteiger charge is -2.10. The Bertz CT molecular complexity index is 1150. The van der Waals surface area contributed by atoms with Gasteiger partial charge in [0.05, 0.1) is 22.4 Å². The van der Waals surface area contributed by atoms with Crippen LogP contribution < -0.4 is 11.2 Å². The fourth-order valence-corrected chi connectivity index (χ4v) is 4.72. The summed E-state index contributed by atoms with van der Waals surface area (Å²) in [4.78, 5) is 31.4. The van der Waals surface area contributed by atoms with Gasteiger partial charge in [0.15, 0.2) is 5.52 Å². The van der Waals surface area contributed by atoms with E-state index in [-0.39, 0.29) is 11.2 Å². The molecule has 0 aliphatic heterocycles. The molecule has 0 radical (unpaired) electrons. The summed E-state index contributed by atoms with van der Waals surface area (Å²) < 4.78 is 4.66. The topological polar surface area (TPSA) is 74.7 Å². The Morgan fingerprint density at radius 3 is 2.59 bits per heavy atom. The monoisotopic (exact) mass is 387 g/mol. The zero-order valence-corrected chi connectivity index (χ0v) is 17.3. The molecule has 1 unspecified atom stereocenters. The maximum absolute atomic E-state index is 13.1. The predicted octanol–water partition coefficient (Wildman–Crippen LogP) is 2.26. The van der Waals surface area contributed by atoms with Crippen molar-refractivity contribution in [1.82, 2.24) is 23.9 Å². The van der Waals surface area contributed by atoms with Crippen LogP contribution in [-0.4, -0.2) is 23.9 Å². The molecule has 0 bridgehead atoms. The second kappa shape index (κ2) is 6.15. The van der Waals surface area contributed by atoms with E-state index in [1.807, 2.05) is 13.8 Å². The van der Waals surface area contributed by atoms with E-state index < -0.39 is 0 Å². The normalized spacial score (nSPS) is 18.3. The Hall–Kier alpha value is -2.22. The molecule has 7 nitrogen and oxygen atoms in total. The SMILES string of the molecule is Cc1nc(C)c(CCn2c(=O)c3c(cnn3CC3CC3(C)C)n(C)c2=O)s1. The van der Waals surface area contributed by atoms with Crippen LogP contribution in [0.2, 0.25) is 0 Å². The summed E-state index contributed by atoms with van der Waals surface area (Å²) in [6.07, 6.45) is 3.40. The predicted molar refractivity (Wildman–Crippen MR) is 106 cm³/mol. The first-order valence-electron chi connectivity index (χ1n) is 9.27. The third-order valence-electron chi connectivity index (χ3n) is 5.82. The summed E-state index contributed by atoms with van der Waals surface area (Å²) in [6.45, 7) is 9.47. The summed E-state index contributed by atoms with van der Waals surface area (Å²) in [6, 6.07) is 0. The molecule has 0 aromatic carbocycles. The molecule has 1 atom stereocenters. The first-order chi connectivity index (χ1) is 12.7. The smallest absolute Gasteiger partial charge is 0.293 e. The highest BCUT2D eigenvalue weighted by Gasteiger charge is 2.45. The lowest BCUT2D eigenvalue weighted by atomic mass is 10.1. The molecule has 8 heteroatoms. The molecule has 1 saturated carbocycles. The van der Waals surface area contributed by atoms with Gasteiger partial charge < -0.3 is 0 Å². The molecule has 3 aromatic heterocycles. The Kier molecular flexibility index (Phi) is 4.14. The van der Waals surface area contributed by atoms with Gasteiger partial charge in [-0.1, -0.05) is 13.8 Å². The number of hydrogen-bond acceptors (Lipinski definition) is 5. The van der Waals surface area contributed by atoms with Crippen molar-refractivity contribution < 1.29 is 0 Å². The van der Waals surface area contributed by atoms with Gasteiger partial charge in [0.25, 0.3) is 5.56 Å². The van der Waals surface area contributed by atoms with E-state index in [9.17, 15) is 9.59 Å². The van der Waals surface area contributed by atoms with Gasteiger partial charge in [-0.2, -0.15) is 5.10 Å². The van der Waals surface area contributed by atoms with Gasteiger partial charge in [0.2, 0.25) is 0 Å². The van der Waals surface area contributed by atoms with Crippen LogP contribution in [0.25, 0.3) is 11.0 Å². The average Bonchev–Trinajstić information content (AvgIpc) is 2.92. The van der Waals surface area contributed by atoms with E-state index in [0.29, 0.717) is 35.3 Å². The molecule has 0 N–H and O–H groups in total. The first kappa shape index (κ1) is 18.2. The van der Waals surface area contributed by atoms with Gasteiger partial charge in [0, 0.05) is 31.4 Å². The number of rotatable bonds is 5. The quantitative estimate of drug-likeness (QED) is 0.673. The summed E-state index contributed by atoms with van der Waals surface area (Å²) >= 11 is 1.62. The highest BCUT2D eigenvalue weighted by Crippen LogP contribution is 2.52. The fraction of sp³-hybridized carbons (Fsp3) is 0.579. The van der Waals surface area contributed by atoms with Crippen molar-refractivity contribution in [3.63, 3.8) is 0 Å². The molecular formula is C19H25N5O2S. The molecule has 4 rings (SSSR count). The Labute approximate surface area is 161 Å². The van der Waals surface area contributed by atoms with Crippen LogP contribution in [0.4, 0.5) is 0 Å². The minimum atomic E-state index is -0.294. The van der Waals surface area contributed by atoms with Crippen molar-refractivity contribution in [3.05, 3.63) is 42.6 Å². The van der Waals surface area contributed by atoms with E-state index in [4.69, 9.17) is 0 Å². The Balaban J connectivity index is 1.73. The second-order valence-corrected chi connectivity index (χ2v) is 9.53. The van der Waals surface area contributed by atoms with Crippen molar-refractivity contribution in [2.45, 2.75) is 53.6 Å². The molecule has 3 heterocycles. The number of hydrogen-bond donors (Lipinski definition) is 0. The van der Waals surface area contributed by atoms with E-state index in [1.165, 1.54) is 9.13 Å². The van der Waals surface area contributed by atoms with Gasteiger partial charge in [0.1, 0.15) is 0 Å². The summed E-state index contributed by atoms with van der Waals surface area (Å²) in [5, 5.41) is 5.42. The molecule has 0 saturated heterocycles. The minimum absolute atomic E-state index is 0.247. The van der Waals surface area contributed by atoms with Crippen molar-refractivity contribution in [3.8, 4) is 0 Å². The van der Waals surface area contributed by atoms with E-state index in [2.05, 4.69) is 23.9 Å². The number of thiazole rings is 1. The van der Waals surface area contributed by atoms with Crippen LogP contribution in [0.15, 0.2) is 15.8 Å². The maximum atomic E-state index is 13.1. The molecule has 27 heavy (non-hydrogen) atoms. The van der Waals surface area contributed by atoms with Gasteiger partial charge in [-0.05, 0) is 31.6 Å². The molecule has 144 valence electrons. The third kappa shape index (κ3) is 3.05. The molecular weight excluding hydrogens is 362 g/mol. The van der Waals surface area contributed by atoms with E-state index >= 15 is 0 Å². The van der Waals surface area contributed by atoms with Crippen molar-refractivity contribution in [1.29, 1.82) is 0 Å². The maximum Gasteiger partial charge on any atom is 0.331 e. The Morgan fingerprint density at radius 1 is 1.30 bits per heavy atom. The molecule has 0 amide bonds. The average molecular weight is 388 g/mol. The molecule has 1 aliphatic rings. The second-order valence-electron chi connectivity index (χ2n) is 8.24. The Morgan fingerprint density at radius 2 is 2.00 bits per heavy atom. The lowest BCUT2D eigenvalue weighted by molar-refractivity contribution is 0.478. The molecule has 1 aliphatic carbocycles.